The van der Waals surface area contributed by atoms with Gasteiger partial charge in [0.15, 0.2) is 18.1 Å². The van der Waals surface area contributed by atoms with E-state index in [9.17, 15) is 9.59 Å². The van der Waals surface area contributed by atoms with Crippen molar-refractivity contribution >= 4 is 34.0 Å². The average molecular weight is 559 g/mol. The fourth-order valence-corrected chi connectivity index (χ4v) is 3.81. The van der Waals surface area contributed by atoms with E-state index in [0.29, 0.717) is 27.1 Å². The highest BCUT2D eigenvalue weighted by molar-refractivity contribution is 9.10. The maximum atomic E-state index is 12.5. The molecule has 186 valence electrons. The first-order chi connectivity index (χ1) is 18.0. The summed E-state index contributed by atoms with van der Waals surface area (Å²) in [7, 11) is 1.47. The summed E-state index contributed by atoms with van der Waals surface area (Å²) in [5.41, 5.74) is 5.62. The standard InChI is InChI=1S/C29H23BrN2O5/c1-35-27-17-20(11-16-26(27)37-29(34)24-9-5-6-10-25(24)30)18-31-32-28(33)19-36-23-14-12-22(13-15-23)21-7-3-2-4-8-21/h2-18H,19H2,1H3,(H,32,33). The third-order valence-electron chi connectivity index (χ3n) is 5.22. The molecule has 0 unspecified atom stereocenters. The minimum Gasteiger partial charge on any atom is -0.493 e. The first kappa shape index (κ1) is 25.7. The van der Waals surface area contributed by atoms with Gasteiger partial charge in [-0.3, -0.25) is 4.79 Å². The monoisotopic (exact) mass is 558 g/mol. The zero-order chi connectivity index (χ0) is 26.0. The van der Waals surface area contributed by atoms with Gasteiger partial charge in [-0.05, 0) is 75.1 Å². The van der Waals surface area contributed by atoms with Crippen molar-refractivity contribution in [2.45, 2.75) is 0 Å². The summed E-state index contributed by atoms with van der Waals surface area (Å²) in [6.07, 6.45) is 1.45. The van der Waals surface area contributed by atoms with Crippen LogP contribution in [0.15, 0.2) is 107 Å². The summed E-state index contributed by atoms with van der Waals surface area (Å²) in [6, 6.07) is 29.4. The molecule has 0 aliphatic carbocycles. The van der Waals surface area contributed by atoms with E-state index in [-0.39, 0.29) is 12.4 Å². The number of hydrogen-bond acceptors (Lipinski definition) is 6. The van der Waals surface area contributed by atoms with Crippen LogP contribution in [0.25, 0.3) is 11.1 Å². The van der Waals surface area contributed by atoms with E-state index in [1.165, 1.54) is 13.3 Å². The van der Waals surface area contributed by atoms with Crippen molar-refractivity contribution in [3.63, 3.8) is 0 Å². The molecule has 0 atom stereocenters. The zero-order valence-electron chi connectivity index (χ0n) is 19.9. The van der Waals surface area contributed by atoms with Crippen LogP contribution in [0.2, 0.25) is 0 Å². The third kappa shape index (κ3) is 7.05. The van der Waals surface area contributed by atoms with Gasteiger partial charge in [0, 0.05) is 4.47 Å². The molecule has 8 heteroatoms. The van der Waals surface area contributed by atoms with E-state index in [1.807, 2.05) is 60.7 Å². The highest BCUT2D eigenvalue weighted by Gasteiger charge is 2.15. The molecule has 4 aromatic rings. The largest absolute Gasteiger partial charge is 0.493 e. The molecule has 0 fully saturated rings. The quantitative estimate of drug-likeness (QED) is 0.120. The number of methoxy groups -OCH3 is 1. The smallest absolute Gasteiger partial charge is 0.344 e. The molecular formula is C29H23BrN2O5. The highest BCUT2D eigenvalue weighted by Crippen LogP contribution is 2.29. The van der Waals surface area contributed by atoms with Crippen LogP contribution in [0, 0.1) is 0 Å². The Balaban J connectivity index is 1.29. The van der Waals surface area contributed by atoms with E-state index in [2.05, 4.69) is 26.5 Å². The second kappa shape index (κ2) is 12.5. The lowest BCUT2D eigenvalue weighted by molar-refractivity contribution is -0.123. The fraction of sp³-hybridized carbons (Fsp3) is 0.0690. The number of esters is 1. The van der Waals surface area contributed by atoms with Crippen LogP contribution in [0.3, 0.4) is 0 Å². The van der Waals surface area contributed by atoms with Gasteiger partial charge in [-0.25, -0.2) is 10.2 Å². The summed E-state index contributed by atoms with van der Waals surface area (Å²) < 4.78 is 17.0. The van der Waals surface area contributed by atoms with Gasteiger partial charge in [0.25, 0.3) is 5.91 Å². The Morgan fingerprint density at radius 1 is 0.865 bits per heavy atom. The highest BCUT2D eigenvalue weighted by atomic mass is 79.9. The van der Waals surface area contributed by atoms with E-state index in [4.69, 9.17) is 14.2 Å². The fourth-order valence-electron chi connectivity index (χ4n) is 3.36. The molecule has 0 bridgehead atoms. The molecule has 0 aliphatic rings. The normalized spacial score (nSPS) is 10.6. The number of amides is 1. The molecule has 1 N–H and O–H groups in total. The zero-order valence-corrected chi connectivity index (χ0v) is 21.5. The Kier molecular flexibility index (Phi) is 8.67. The van der Waals surface area contributed by atoms with Crippen LogP contribution in [0.1, 0.15) is 15.9 Å². The maximum Gasteiger partial charge on any atom is 0.344 e. The maximum absolute atomic E-state index is 12.5. The molecule has 1 amide bonds. The van der Waals surface area contributed by atoms with Gasteiger partial charge in [-0.15, -0.1) is 0 Å². The van der Waals surface area contributed by atoms with Gasteiger partial charge in [-0.1, -0.05) is 54.6 Å². The summed E-state index contributed by atoms with van der Waals surface area (Å²) in [5.74, 6) is 0.258. The van der Waals surface area contributed by atoms with E-state index in [1.54, 1.807) is 36.4 Å². The summed E-state index contributed by atoms with van der Waals surface area (Å²) in [5, 5.41) is 3.96. The number of benzene rings is 4. The minimum atomic E-state index is -0.519. The second-order valence-electron chi connectivity index (χ2n) is 7.75. The predicted molar refractivity (Wildman–Crippen MR) is 145 cm³/mol. The number of carbonyl (C=O) groups is 2. The molecule has 0 aromatic heterocycles. The van der Waals surface area contributed by atoms with Gasteiger partial charge >= 0.3 is 5.97 Å². The molecule has 0 saturated heterocycles. The van der Waals surface area contributed by atoms with Crippen molar-refractivity contribution in [2.75, 3.05) is 13.7 Å². The molecule has 7 nitrogen and oxygen atoms in total. The van der Waals surface area contributed by atoms with Crippen molar-refractivity contribution in [3.8, 4) is 28.4 Å². The van der Waals surface area contributed by atoms with Gasteiger partial charge in [0.2, 0.25) is 0 Å². The van der Waals surface area contributed by atoms with Gasteiger partial charge in [-0.2, -0.15) is 5.10 Å². The molecule has 0 saturated carbocycles. The molecule has 4 aromatic carbocycles. The van der Waals surface area contributed by atoms with Gasteiger partial charge in [0.1, 0.15) is 5.75 Å². The van der Waals surface area contributed by atoms with Crippen LogP contribution in [-0.4, -0.2) is 31.8 Å². The Morgan fingerprint density at radius 2 is 1.57 bits per heavy atom. The number of ether oxygens (including phenoxy) is 3. The van der Waals surface area contributed by atoms with E-state index >= 15 is 0 Å². The number of hydrogen-bond donors (Lipinski definition) is 1. The number of halogens is 1. The SMILES string of the molecule is COc1cc(C=NNC(=O)COc2ccc(-c3ccccc3)cc2)ccc1OC(=O)c1ccccc1Br. The Bertz CT molecular complexity index is 1410. The Morgan fingerprint density at radius 3 is 2.30 bits per heavy atom. The Hall–Kier alpha value is -4.43. The molecular weight excluding hydrogens is 536 g/mol. The number of carbonyl (C=O) groups excluding carboxylic acids is 2. The summed E-state index contributed by atoms with van der Waals surface area (Å²) >= 11 is 3.34. The lowest BCUT2D eigenvalue weighted by Crippen LogP contribution is -2.24. The molecule has 0 heterocycles. The third-order valence-corrected chi connectivity index (χ3v) is 5.91. The number of nitrogens with one attached hydrogen (secondary N) is 1. The minimum absolute atomic E-state index is 0.185. The molecule has 0 radical (unpaired) electrons. The molecule has 4 rings (SSSR count). The van der Waals surface area contributed by atoms with Crippen LogP contribution in [0.4, 0.5) is 0 Å². The van der Waals surface area contributed by atoms with Crippen molar-refractivity contribution in [3.05, 3.63) is 113 Å². The number of nitrogens with zero attached hydrogens (tertiary/aromatic N) is 1. The second-order valence-corrected chi connectivity index (χ2v) is 8.61. The average Bonchev–Trinajstić information content (AvgIpc) is 2.93. The van der Waals surface area contributed by atoms with Crippen molar-refractivity contribution in [1.29, 1.82) is 0 Å². The number of hydrazone groups is 1. The van der Waals surface area contributed by atoms with Crippen molar-refractivity contribution < 1.29 is 23.8 Å². The first-order valence-electron chi connectivity index (χ1n) is 11.3. The molecule has 0 spiro atoms. The van der Waals surface area contributed by atoms with Crippen molar-refractivity contribution in [2.24, 2.45) is 5.10 Å². The Labute approximate surface area is 222 Å². The molecule has 0 aliphatic heterocycles. The van der Waals surface area contributed by atoms with Gasteiger partial charge in [0.05, 0.1) is 18.9 Å². The predicted octanol–water partition coefficient (Wildman–Crippen LogP) is 5.87. The van der Waals surface area contributed by atoms with E-state index < -0.39 is 11.9 Å². The lowest BCUT2D eigenvalue weighted by Gasteiger charge is -2.10. The van der Waals surface area contributed by atoms with Gasteiger partial charge < -0.3 is 14.2 Å². The topological polar surface area (TPSA) is 86.2 Å². The first-order valence-corrected chi connectivity index (χ1v) is 12.1. The summed E-state index contributed by atoms with van der Waals surface area (Å²) in [4.78, 5) is 24.6. The molecule has 37 heavy (non-hydrogen) atoms. The van der Waals surface area contributed by atoms with Crippen LogP contribution in [-0.2, 0) is 4.79 Å². The summed E-state index contributed by atoms with van der Waals surface area (Å²) in [6.45, 7) is -0.185. The van der Waals surface area contributed by atoms with Crippen LogP contribution < -0.4 is 19.6 Å². The van der Waals surface area contributed by atoms with Crippen LogP contribution in [0.5, 0.6) is 17.2 Å². The number of rotatable bonds is 9. The lowest BCUT2D eigenvalue weighted by atomic mass is 10.1. The van der Waals surface area contributed by atoms with Crippen molar-refractivity contribution in [1.82, 2.24) is 5.43 Å². The van der Waals surface area contributed by atoms with Crippen LogP contribution >= 0.6 is 15.9 Å². The van der Waals surface area contributed by atoms with E-state index in [0.717, 1.165) is 11.1 Å².